The van der Waals surface area contributed by atoms with Crippen LogP contribution in [0.25, 0.3) is 0 Å². The third-order valence-electron chi connectivity index (χ3n) is 5.33. The molecule has 3 aromatic rings. The normalized spacial score (nSPS) is 12.8. The topological polar surface area (TPSA) is 102 Å². The van der Waals surface area contributed by atoms with Crippen molar-refractivity contribution < 1.29 is 13.2 Å². The Labute approximate surface area is 198 Å². The van der Waals surface area contributed by atoms with E-state index in [2.05, 4.69) is 24.4 Å². The van der Waals surface area contributed by atoms with Crippen molar-refractivity contribution in [2.45, 2.75) is 40.9 Å². The maximum atomic E-state index is 12.8. The van der Waals surface area contributed by atoms with Crippen LogP contribution in [-0.2, 0) is 16.4 Å². The summed E-state index contributed by atoms with van der Waals surface area (Å²) in [6.45, 7) is 2.56. The number of carbonyl (C=O) groups is 1. The van der Waals surface area contributed by atoms with Gasteiger partial charge in [0.2, 0.25) is 10.0 Å². The molecule has 0 aliphatic carbocycles. The van der Waals surface area contributed by atoms with E-state index in [0.717, 1.165) is 40.3 Å². The molecule has 1 aliphatic heterocycles. The van der Waals surface area contributed by atoms with Gasteiger partial charge in [0.1, 0.15) is 0 Å². The zero-order valence-corrected chi connectivity index (χ0v) is 19.9. The summed E-state index contributed by atoms with van der Waals surface area (Å²) in [6.07, 6.45) is 2.44. The van der Waals surface area contributed by atoms with Crippen LogP contribution in [0, 0.1) is 0 Å². The lowest BCUT2D eigenvalue weighted by atomic mass is 10.1. The van der Waals surface area contributed by atoms with Crippen molar-refractivity contribution >= 4 is 39.1 Å². The highest BCUT2D eigenvalue weighted by Crippen LogP contribution is 2.41. The molecule has 0 bridgehead atoms. The average Bonchev–Trinajstić information content (AvgIpc) is 2.95. The molecule has 1 heterocycles. The monoisotopic (exact) mass is 479 g/mol. The lowest BCUT2D eigenvalue weighted by Gasteiger charge is -2.09. The Balaban J connectivity index is 1.47. The highest BCUT2D eigenvalue weighted by molar-refractivity contribution is 7.99. The fourth-order valence-electron chi connectivity index (χ4n) is 3.65. The Morgan fingerprint density at radius 3 is 2.48 bits per heavy atom. The fourth-order valence-corrected chi connectivity index (χ4v) is 5.19. The number of carbonyl (C=O) groups excluding carboxylic acids is 1. The number of hydrogen-bond acceptors (Lipinski definition) is 5. The van der Waals surface area contributed by atoms with Crippen molar-refractivity contribution in [2.24, 2.45) is 10.1 Å². The molecule has 3 N–H and O–H groups in total. The van der Waals surface area contributed by atoms with Crippen molar-refractivity contribution in [1.82, 2.24) is 5.32 Å². The Morgan fingerprint density at radius 1 is 1.00 bits per heavy atom. The molecule has 4 rings (SSSR count). The van der Waals surface area contributed by atoms with Gasteiger partial charge in [0.15, 0.2) is 0 Å². The smallest absolute Gasteiger partial charge is 0.251 e. The quantitative estimate of drug-likeness (QED) is 0.513. The first-order valence-electron chi connectivity index (χ1n) is 10.7. The summed E-state index contributed by atoms with van der Waals surface area (Å²) in [6, 6.07) is 20.2. The van der Waals surface area contributed by atoms with E-state index >= 15 is 0 Å². The van der Waals surface area contributed by atoms with Crippen molar-refractivity contribution in [3.05, 3.63) is 83.4 Å². The number of nitrogens with zero attached hydrogens (tertiary/aromatic N) is 1. The van der Waals surface area contributed by atoms with E-state index in [1.165, 1.54) is 17.0 Å². The van der Waals surface area contributed by atoms with Gasteiger partial charge in [-0.05, 0) is 54.8 Å². The number of aliphatic imine (C=N–C) groups is 1. The van der Waals surface area contributed by atoms with E-state index in [1.807, 2.05) is 30.3 Å². The predicted molar refractivity (Wildman–Crippen MR) is 132 cm³/mol. The molecule has 3 aromatic carbocycles. The molecule has 0 unspecified atom stereocenters. The summed E-state index contributed by atoms with van der Waals surface area (Å²) >= 11 is 1.67. The number of amides is 1. The molecule has 0 fully saturated rings. The first-order chi connectivity index (χ1) is 15.8. The number of nitrogens with one attached hydrogen (secondary N) is 1. The Hall–Kier alpha value is -2.94. The van der Waals surface area contributed by atoms with Crippen LogP contribution < -0.4 is 10.5 Å². The van der Waals surface area contributed by atoms with E-state index in [1.54, 1.807) is 23.9 Å². The molecule has 0 atom stereocenters. The van der Waals surface area contributed by atoms with E-state index in [0.29, 0.717) is 18.5 Å². The number of rotatable bonds is 7. The molecule has 170 valence electrons. The second kappa shape index (κ2) is 9.91. The molecule has 0 radical (unpaired) electrons. The van der Waals surface area contributed by atoms with E-state index in [4.69, 9.17) is 10.1 Å². The van der Waals surface area contributed by atoms with Crippen LogP contribution in [0.3, 0.4) is 0 Å². The molecular weight excluding hydrogens is 454 g/mol. The Kier molecular flexibility index (Phi) is 6.97. The first kappa shape index (κ1) is 23.2. The van der Waals surface area contributed by atoms with Crippen molar-refractivity contribution in [1.29, 1.82) is 0 Å². The number of benzene rings is 3. The summed E-state index contributed by atoms with van der Waals surface area (Å²) in [5.74, 6) is -0.169. The second-order valence-corrected chi connectivity index (χ2v) is 10.4. The largest absolute Gasteiger partial charge is 0.352 e. The lowest BCUT2D eigenvalue weighted by Crippen LogP contribution is -2.25. The van der Waals surface area contributed by atoms with Gasteiger partial charge in [0, 0.05) is 33.2 Å². The molecular formula is C25H25N3O3S2. The van der Waals surface area contributed by atoms with Gasteiger partial charge in [-0.15, -0.1) is 0 Å². The van der Waals surface area contributed by atoms with Gasteiger partial charge in [-0.2, -0.15) is 0 Å². The van der Waals surface area contributed by atoms with Crippen LogP contribution in [0.2, 0.25) is 0 Å². The molecule has 6 nitrogen and oxygen atoms in total. The molecule has 33 heavy (non-hydrogen) atoms. The molecule has 0 saturated carbocycles. The van der Waals surface area contributed by atoms with E-state index in [-0.39, 0.29) is 10.8 Å². The third-order valence-corrected chi connectivity index (χ3v) is 7.40. The minimum Gasteiger partial charge on any atom is -0.352 e. The average molecular weight is 480 g/mol. The van der Waals surface area contributed by atoms with Crippen LogP contribution in [0.4, 0.5) is 5.69 Å². The summed E-state index contributed by atoms with van der Waals surface area (Å²) in [7, 11) is -3.71. The molecule has 1 amide bonds. The molecule has 0 saturated heterocycles. The highest BCUT2D eigenvalue weighted by atomic mass is 32.2. The van der Waals surface area contributed by atoms with Crippen molar-refractivity contribution in [2.75, 3.05) is 6.54 Å². The molecule has 1 aliphatic rings. The fraction of sp³-hybridized carbons (Fsp3) is 0.200. The Bertz CT molecular complexity index is 1320. The third kappa shape index (κ3) is 5.52. The van der Waals surface area contributed by atoms with E-state index in [9.17, 15) is 13.2 Å². The van der Waals surface area contributed by atoms with Crippen LogP contribution in [0.15, 0.2) is 86.4 Å². The zero-order chi connectivity index (χ0) is 23.4. The van der Waals surface area contributed by atoms with Crippen LogP contribution >= 0.6 is 11.8 Å². The van der Waals surface area contributed by atoms with Gasteiger partial charge in [0.05, 0.1) is 10.6 Å². The highest BCUT2D eigenvalue weighted by Gasteiger charge is 2.18. The van der Waals surface area contributed by atoms with Gasteiger partial charge < -0.3 is 5.32 Å². The summed E-state index contributed by atoms with van der Waals surface area (Å²) in [5, 5.41) is 8.06. The first-order valence-corrected chi connectivity index (χ1v) is 13.1. The second-order valence-electron chi connectivity index (χ2n) is 7.78. The predicted octanol–water partition coefficient (Wildman–Crippen LogP) is 4.69. The summed E-state index contributed by atoms with van der Waals surface area (Å²) < 4.78 is 22.7. The van der Waals surface area contributed by atoms with Crippen LogP contribution in [0.1, 0.15) is 41.3 Å². The standard InChI is InChI=1S/C25H25N3O3S2/c1-2-5-21-20-6-3-4-7-23(20)32-24-13-10-18(16-22(24)28-21)25(29)27-15-14-17-8-11-19(12-9-17)33(26,30)31/h3-4,6-13,16H,2,5,14-15H2,1H3,(H,27,29)(H2,26,30,31). The summed E-state index contributed by atoms with van der Waals surface area (Å²) in [5.41, 5.74) is 4.47. The molecule has 0 spiro atoms. The van der Waals surface area contributed by atoms with Gasteiger partial charge in [-0.25, -0.2) is 13.6 Å². The molecule has 0 aromatic heterocycles. The number of hydrogen-bond donors (Lipinski definition) is 2. The Morgan fingerprint density at radius 2 is 1.76 bits per heavy atom. The van der Waals surface area contributed by atoms with Gasteiger partial charge in [-0.1, -0.05) is 55.4 Å². The lowest BCUT2D eigenvalue weighted by molar-refractivity contribution is 0.0954. The van der Waals surface area contributed by atoms with Gasteiger partial charge >= 0.3 is 0 Å². The van der Waals surface area contributed by atoms with Crippen LogP contribution in [0.5, 0.6) is 0 Å². The maximum absolute atomic E-state index is 12.8. The summed E-state index contributed by atoms with van der Waals surface area (Å²) in [4.78, 5) is 20.0. The van der Waals surface area contributed by atoms with Gasteiger partial charge in [-0.3, -0.25) is 9.79 Å². The molecule has 8 heteroatoms. The number of primary sulfonamides is 1. The number of sulfonamides is 1. The number of nitrogens with two attached hydrogens (primary N) is 1. The van der Waals surface area contributed by atoms with Gasteiger partial charge in [0.25, 0.3) is 5.91 Å². The minimum atomic E-state index is -3.71. The van der Waals surface area contributed by atoms with Crippen molar-refractivity contribution in [3.63, 3.8) is 0 Å². The SMILES string of the molecule is CCCC1=Nc2cc(C(=O)NCCc3ccc(S(N)(=O)=O)cc3)ccc2Sc2ccccc21. The van der Waals surface area contributed by atoms with E-state index < -0.39 is 10.0 Å². The maximum Gasteiger partial charge on any atom is 0.251 e. The van der Waals surface area contributed by atoms with Crippen molar-refractivity contribution in [3.8, 4) is 0 Å². The minimum absolute atomic E-state index is 0.0725. The zero-order valence-electron chi connectivity index (χ0n) is 18.2. The van der Waals surface area contributed by atoms with Crippen LogP contribution in [-0.4, -0.2) is 26.6 Å². The number of fused-ring (bicyclic) bond motifs is 2.